The number of nitrogens with two attached hydrogens (primary N) is 1. The number of halogens is 1. The number of benzene rings is 1. The topological polar surface area (TPSA) is 58.4 Å². The monoisotopic (exact) mass is 295 g/mol. The Balaban J connectivity index is 3.05. The van der Waals surface area contributed by atoms with Crippen LogP contribution in [0.25, 0.3) is 0 Å². The van der Waals surface area contributed by atoms with Crippen molar-refractivity contribution >= 4 is 11.6 Å². The van der Waals surface area contributed by atoms with E-state index < -0.39 is 5.91 Å². The maximum absolute atomic E-state index is 14.3. The van der Waals surface area contributed by atoms with Gasteiger partial charge in [-0.1, -0.05) is 32.9 Å². The van der Waals surface area contributed by atoms with E-state index in [4.69, 9.17) is 5.73 Å². The highest BCUT2D eigenvalue weighted by atomic mass is 19.1. The number of primary amides is 1. The normalized spacial score (nSPS) is 10.9. The van der Waals surface area contributed by atoms with Gasteiger partial charge < -0.3 is 16.0 Å². The van der Waals surface area contributed by atoms with Crippen LogP contribution in [0.3, 0.4) is 0 Å². The summed E-state index contributed by atoms with van der Waals surface area (Å²) in [7, 11) is 0. The van der Waals surface area contributed by atoms with Crippen LogP contribution in [0.1, 0.15) is 32.8 Å². The lowest BCUT2D eigenvalue weighted by Crippen LogP contribution is -2.37. The molecule has 0 spiro atoms. The van der Waals surface area contributed by atoms with Gasteiger partial charge in [-0.05, 0) is 30.5 Å². The van der Waals surface area contributed by atoms with E-state index in [0.29, 0.717) is 24.7 Å². The molecule has 0 unspecified atom stereocenters. The molecule has 5 heteroatoms. The Hall–Kier alpha value is -1.62. The Kier molecular flexibility index (Phi) is 7.15. The second-order valence-electron chi connectivity index (χ2n) is 5.67. The minimum Gasteiger partial charge on any atom is -0.368 e. The summed E-state index contributed by atoms with van der Waals surface area (Å²) in [6.45, 7) is 8.21. The average Bonchev–Trinajstić information content (AvgIpc) is 2.37. The molecule has 1 aromatic rings. The summed E-state index contributed by atoms with van der Waals surface area (Å²) in [4.78, 5) is 13.0. The first-order chi connectivity index (χ1) is 9.95. The minimum absolute atomic E-state index is 0.0277. The fraction of sp³-hybridized carbons (Fsp3) is 0.562. The van der Waals surface area contributed by atoms with Crippen molar-refractivity contribution in [1.29, 1.82) is 0 Å². The van der Waals surface area contributed by atoms with E-state index in [1.54, 1.807) is 11.0 Å². The number of rotatable bonds is 9. The zero-order valence-electron chi connectivity index (χ0n) is 13.2. The largest absolute Gasteiger partial charge is 0.368 e. The van der Waals surface area contributed by atoms with Gasteiger partial charge in [0.05, 0.1) is 12.2 Å². The Bertz CT molecular complexity index is 463. The fourth-order valence-corrected chi connectivity index (χ4v) is 2.32. The molecule has 0 aromatic heterocycles. The third-order valence-electron chi connectivity index (χ3n) is 3.06. The second kappa shape index (κ2) is 8.62. The Morgan fingerprint density at radius 1 is 1.43 bits per heavy atom. The van der Waals surface area contributed by atoms with Crippen LogP contribution < -0.4 is 16.0 Å². The summed E-state index contributed by atoms with van der Waals surface area (Å²) < 4.78 is 14.3. The van der Waals surface area contributed by atoms with Crippen LogP contribution in [0.15, 0.2) is 18.2 Å². The van der Waals surface area contributed by atoms with Crippen molar-refractivity contribution in [2.45, 2.75) is 33.7 Å². The molecule has 1 amide bonds. The number of hydrogen-bond donors (Lipinski definition) is 2. The second-order valence-corrected chi connectivity index (χ2v) is 5.67. The molecule has 1 rings (SSSR count). The molecule has 0 radical (unpaired) electrons. The molecule has 118 valence electrons. The van der Waals surface area contributed by atoms with Crippen LogP contribution in [-0.4, -0.2) is 25.5 Å². The molecule has 0 atom stereocenters. The lowest BCUT2D eigenvalue weighted by Gasteiger charge is -2.28. The van der Waals surface area contributed by atoms with Gasteiger partial charge in [0.1, 0.15) is 5.82 Å². The van der Waals surface area contributed by atoms with E-state index in [1.807, 2.05) is 19.9 Å². The van der Waals surface area contributed by atoms with Crippen molar-refractivity contribution in [3.05, 3.63) is 29.6 Å². The first kappa shape index (κ1) is 17.4. The number of para-hydroxylation sites is 1. The van der Waals surface area contributed by atoms with E-state index >= 15 is 0 Å². The third-order valence-corrected chi connectivity index (χ3v) is 3.06. The predicted molar refractivity (Wildman–Crippen MR) is 84.6 cm³/mol. The van der Waals surface area contributed by atoms with Crippen molar-refractivity contribution < 1.29 is 9.18 Å². The summed E-state index contributed by atoms with van der Waals surface area (Å²) in [6, 6.07) is 5.00. The molecule has 0 aliphatic heterocycles. The molecule has 3 N–H and O–H groups in total. The molecule has 0 heterocycles. The molecule has 0 saturated heterocycles. The number of amides is 1. The lowest BCUT2D eigenvalue weighted by molar-refractivity contribution is -0.116. The highest BCUT2D eigenvalue weighted by Crippen LogP contribution is 2.25. The van der Waals surface area contributed by atoms with Crippen LogP contribution in [0, 0.1) is 11.7 Å². The molecule has 0 aliphatic carbocycles. The molecule has 1 aromatic carbocycles. The summed E-state index contributed by atoms with van der Waals surface area (Å²) in [5, 5.41) is 3.27. The van der Waals surface area contributed by atoms with Crippen molar-refractivity contribution in [2.75, 3.05) is 24.5 Å². The van der Waals surface area contributed by atoms with Crippen molar-refractivity contribution in [2.24, 2.45) is 11.7 Å². The maximum atomic E-state index is 14.3. The number of hydrogen-bond acceptors (Lipinski definition) is 3. The van der Waals surface area contributed by atoms with Gasteiger partial charge in [0.25, 0.3) is 0 Å². The Morgan fingerprint density at radius 2 is 2.14 bits per heavy atom. The average molecular weight is 295 g/mol. The van der Waals surface area contributed by atoms with Gasteiger partial charge in [-0.3, -0.25) is 4.79 Å². The molecule has 0 saturated carbocycles. The van der Waals surface area contributed by atoms with Gasteiger partial charge in [-0.15, -0.1) is 0 Å². The van der Waals surface area contributed by atoms with Gasteiger partial charge in [0, 0.05) is 13.1 Å². The van der Waals surface area contributed by atoms with E-state index in [2.05, 4.69) is 12.2 Å². The highest BCUT2D eigenvalue weighted by molar-refractivity contribution is 5.80. The molecular formula is C16H26FN3O. The quantitative estimate of drug-likeness (QED) is 0.687. The highest BCUT2D eigenvalue weighted by Gasteiger charge is 2.18. The third kappa shape index (κ3) is 5.71. The SMILES string of the molecule is CCCNCc1cccc(F)c1N(CC(N)=O)CC(C)C. The first-order valence-corrected chi connectivity index (χ1v) is 7.47. The molecule has 21 heavy (non-hydrogen) atoms. The number of carbonyl (C=O) groups excluding carboxylic acids is 1. The van der Waals surface area contributed by atoms with Crippen LogP contribution in [0.2, 0.25) is 0 Å². The zero-order valence-corrected chi connectivity index (χ0v) is 13.2. The summed E-state index contributed by atoms with van der Waals surface area (Å²) in [5.41, 5.74) is 6.64. The van der Waals surface area contributed by atoms with Gasteiger partial charge >= 0.3 is 0 Å². The van der Waals surface area contributed by atoms with Crippen molar-refractivity contribution in [3.8, 4) is 0 Å². The molecule has 0 bridgehead atoms. The van der Waals surface area contributed by atoms with Crippen LogP contribution in [0.4, 0.5) is 10.1 Å². The maximum Gasteiger partial charge on any atom is 0.236 e. The Morgan fingerprint density at radius 3 is 2.71 bits per heavy atom. The lowest BCUT2D eigenvalue weighted by atomic mass is 10.1. The smallest absolute Gasteiger partial charge is 0.236 e. The van der Waals surface area contributed by atoms with Gasteiger partial charge in [-0.2, -0.15) is 0 Å². The van der Waals surface area contributed by atoms with E-state index in [9.17, 15) is 9.18 Å². The molecular weight excluding hydrogens is 269 g/mol. The predicted octanol–water partition coefficient (Wildman–Crippen LogP) is 2.27. The number of nitrogens with zero attached hydrogens (tertiary/aromatic N) is 1. The summed E-state index contributed by atoms with van der Waals surface area (Å²) in [5.74, 6) is -0.459. The number of nitrogens with one attached hydrogen (secondary N) is 1. The number of carbonyl (C=O) groups is 1. The standard InChI is InChI=1S/C16H26FN3O/c1-4-8-19-9-13-6-5-7-14(17)16(13)20(10-12(2)3)11-15(18)21/h5-7,12,19H,4,8-11H2,1-3H3,(H2,18,21). The summed E-state index contributed by atoms with van der Waals surface area (Å²) >= 11 is 0. The van der Waals surface area contributed by atoms with Crippen LogP contribution in [-0.2, 0) is 11.3 Å². The molecule has 0 aliphatic rings. The van der Waals surface area contributed by atoms with Gasteiger partial charge in [0.2, 0.25) is 5.91 Å². The first-order valence-electron chi connectivity index (χ1n) is 7.47. The zero-order chi connectivity index (χ0) is 15.8. The van der Waals surface area contributed by atoms with Gasteiger partial charge in [0.15, 0.2) is 0 Å². The van der Waals surface area contributed by atoms with Crippen molar-refractivity contribution in [3.63, 3.8) is 0 Å². The molecule has 4 nitrogen and oxygen atoms in total. The molecule has 0 fully saturated rings. The van der Waals surface area contributed by atoms with E-state index in [1.165, 1.54) is 6.07 Å². The van der Waals surface area contributed by atoms with Gasteiger partial charge in [-0.25, -0.2) is 4.39 Å². The van der Waals surface area contributed by atoms with Crippen molar-refractivity contribution in [1.82, 2.24) is 5.32 Å². The number of anilines is 1. The minimum atomic E-state index is -0.452. The summed E-state index contributed by atoms with van der Waals surface area (Å²) in [6.07, 6.45) is 1.02. The van der Waals surface area contributed by atoms with E-state index in [-0.39, 0.29) is 12.4 Å². The fourth-order valence-electron chi connectivity index (χ4n) is 2.32. The van der Waals surface area contributed by atoms with Crippen LogP contribution >= 0.6 is 0 Å². The van der Waals surface area contributed by atoms with E-state index in [0.717, 1.165) is 18.5 Å². The van der Waals surface area contributed by atoms with Crippen LogP contribution in [0.5, 0.6) is 0 Å². The Labute approximate surface area is 126 Å².